The Kier molecular flexibility index (Phi) is 6.03. The minimum Gasteiger partial charge on any atom is -0.347 e. The van der Waals surface area contributed by atoms with Gasteiger partial charge >= 0.3 is 0 Å². The van der Waals surface area contributed by atoms with Gasteiger partial charge in [0.05, 0.1) is 11.6 Å². The highest BCUT2D eigenvalue weighted by Crippen LogP contribution is 2.24. The maximum Gasteiger partial charge on any atom is 0.240 e. The van der Waals surface area contributed by atoms with E-state index in [0.717, 1.165) is 12.1 Å². The summed E-state index contributed by atoms with van der Waals surface area (Å²) in [6.07, 6.45) is 0. The SMILES string of the molecule is CCNC(C)(C)C(=O)NC(c1ccc(Cl)cc1)C(C)C. The maximum atomic E-state index is 12.4. The van der Waals surface area contributed by atoms with Gasteiger partial charge < -0.3 is 10.6 Å². The van der Waals surface area contributed by atoms with Crippen LogP contribution in [0.5, 0.6) is 0 Å². The minimum absolute atomic E-state index is 0.00741. The number of halogens is 1. The van der Waals surface area contributed by atoms with Crippen molar-refractivity contribution in [1.29, 1.82) is 0 Å². The van der Waals surface area contributed by atoms with Crippen LogP contribution in [-0.2, 0) is 4.79 Å². The smallest absolute Gasteiger partial charge is 0.240 e. The van der Waals surface area contributed by atoms with E-state index in [1.54, 1.807) is 0 Å². The number of likely N-dealkylation sites (N-methyl/N-ethyl adjacent to an activating group) is 1. The summed E-state index contributed by atoms with van der Waals surface area (Å²) in [4.78, 5) is 12.4. The molecular weight excluding hydrogens is 272 g/mol. The van der Waals surface area contributed by atoms with Crippen molar-refractivity contribution >= 4 is 17.5 Å². The summed E-state index contributed by atoms with van der Waals surface area (Å²) in [7, 11) is 0. The van der Waals surface area contributed by atoms with E-state index in [2.05, 4.69) is 24.5 Å². The highest BCUT2D eigenvalue weighted by atomic mass is 35.5. The molecule has 3 nitrogen and oxygen atoms in total. The van der Waals surface area contributed by atoms with Gasteiger partial charge in [-0.3, -0.25) is 4.79 Å². The van der Waals surface area contributed by atoms with Gasteiger partial charge in [-0.05, 0) is 44.0 Å². The fourth-order valence-electron chi connectivity index (χ4n) is 2.15. The molecule has 0 aliphatic heterocycles. The number of carbonyl (C=O) groups excluding carboxylic acids is 1. The third-order valence-electron chi connectivity index (χ3n) is 3.37. The number of rotatable bonds is 6. The van der Waals surface area contributed by atoms with E-state index in [9.17, 15) is 4.79 Å². The van der Waals surface area contributed by atoms with Gasteiger partial charge in [-0.15, -0.1) is 0 Å². The summed E-state index contributed by atoms with van der Waals surface area (Å²) in [6, 6.07) is 7.63. The van der Waals surface area contributed by atoms with Crippen LogP contribution in [0.1, 0.15) is 46.2 Å². The summed E-state index contributed by atoms with van der Waals surface area (Å²) in [5.74, 6) is 0.311. The molecular formula is C16H25ClN2O. The summed E-state index contributed by atoms with van der Waals surface area (Å²) in [5.41, 5.74) is 0.499. The monoisotopic (exact) mass is 296 g/mol. The third-order valence-corrected chi connectivity index (χ3v) is 3.62. The maximum absolute atomic E-state index is 12.4. The van der Waals surface area contributed by atoms with Crippen LogP contribution in [0.3, 0.4) is 0 Å². The molecule has 112 valence electrons. The van der Waals surface area contributed by atoms with Crippen LogP contribution >= 0.6 is 11.6 Å². The van der Waals surface area contributed by atoms with Gasteiger partial charge in [0.2, 0.25) is 5.91 Å². The van der Waals surface area contributed by atoms with Gasteiger partial charge in [0.15, 0.2) is 0 Å². The quantitative estimate of drug-likeness (QED) is 0.843. The molecule has 0 bridgehead atoms. The first-order valence-corrected chi connectivity index (χ1v) is 7.47. The van der Waals surface area contributed by atoms with E-state index in [1.165, 1.54) is 0 Å². The summed E-state index contributed by atoms with van der Waals surface area (Å²) >= 11 is 5.92. The van der Waals surface area contributed by atoms with Crippen molar-refractivity contribution in [2.24, 2.45) is 5.92 Å². The van der Waals surface area contributed by atoms with E-state index in [1.807, 2.05) is 45.0 Å². The van der Waals surface area contributed by atoms with Crippen molar-refractivity contribution in [2.45, 2.75) is 46.2 Å². The molecule has 0 aliphatic carbocycles. The molecule has 0 fully saturated rings. The summed E-state index contributed by atoms with van der Waals surface area (Å²) < 4.78 is 0. The van der Waals surface area contributed by atoms with Crippen LogP contribution in [-0.4, -0.2) is 18.0 Å². The Balaban J connectivity index is 2.88. The second-order valence-corrected chi connectivity index (χ2v) is 6.34. The van der Waals surface area contributed by atoms with E-state index in [0.29, 0.717) is 10.9 Å². The zero-order valence-corrected chi connectivity index (χ0v) is 13.7. The van der Waals surface area contributed by atoms with Crippen LogP contribution in [0.15, 0.2) is 24.3 Å². The zero-order valence-electron chi connectivity index (χ0n) is 13.0. The average Bonchev–Trinajstić information content (AvgIpc) is 2.36. The third kappa shape index (κ3) is 4.50. The number of amides is 1. The van der Waals surface area contributed by atoms with Gasteiger partial charge in [-0.1, -0.05) is 44.5 Å². The fraction of sp³-hybridized carbons (Fsp3) is 0.562. The standard InChI is InChI=1S/C16H25ClN2O/c1-6-18-16(4,5)15(20)19-14(11(2)3)12-7-9-13(17)10-8-12/h7-11,14,18H,6H2,1-5H3,(H,19,20). The molecule has 0 saturated carbocycles. The lowest BCUT2D eigenvalue weighted by Crippen LogP contribution is -2.53. The van der Waals surface area contributed by atoms with Gasteiger partial charge in [0.25, 0.3) is 0 Å². The Morgan fingerprint density at radius 2 is 1.80 bits per heavy atom. The fourth-order valence-corrected chi connectivity index (χ4v) is 2.27. The second kappa shape index (κ2) is 7.09. The molecule has 0 saturated heterocycles. The molecule has 0 aromatic heterocycles. The highest BCUT2D eigenvalue weighted by Gasteiger charge is 2.29. The predicted octanol–water partition coefficient (Wildman–Crippen LogP) is 3.54. The number of hydrogen-bond acceptors (Lipinski definition) is 2. The average molecular weight is 297 g/mol. The number of carbonyl (C=O) groups is 1. The van der Waals surface area contributed by atoms with Crippen molar-refractivity contribution in [1.82, 2.24) is 10.6 Å². The van der Waals surface area contributed by atoms with Gasteiger partial charge in [-0.2, -0.15) is 0 Å². The first kappa shape index (κ1) is 17.0. The van der Waals surface area contributed by atoms with E-state index < -0.39 is 5.54 Å². The topological polar surface area (TPSA) is 41.1 Å². The van der Waals surface area contributed by atoms with E-state index in [-0.39, 0.29) is 11.9 Å². The van der Waals surface area contributed by atoms with Crippen molar-refractivity contribution in [3.63, 3.8) is 0 Å². The first-order valence-electron chi connectivity index (χ1n) is 7.09. The van der Waals surface area contributed by atoms with E-state index >= 15 is 0 Å². The number of hydrogen-bond donors (Lipinski definition) is 2. The molecule has 1 aromatic carbocycles. The Morgan fingerprint density at radius 1 is 1.25 bits per heavy atom. The predicted molar refractivity (Wildman–Crippen MR) is 84.9 cm³/mol. The van der Waals surface area contributed by atoms with Crippen LogP contribution in [0.2, 0.25) is 5.02 Å². The van der Waals surface area contributed by atoms with Gasteiger partial charge in [-0.25, -0.2) is 0 Å². The zero-order chi connectivity index (χ0) is 15.3. The summed E-state index contributed by atoms with van der Waals surface area (Å²) in [5, 5.41) is 7.03. The van der Waals surface area contributed by atoms with Crippen molar-refractivity contribution in [2.75, 3.05) is 6.54 Å². The molecule has 1 rings (SSSR count). The largest absolute Gasteiger partial charge is 0.347 e. The lowest BCUT2D eigenvalue weighted by molar-refractivity contribution is -0.127. The first-order chi connectivity index (χ1) is 9.27. The molecule has 4 heteroatoms. The molecule has 0 spiro atoms. The molecule has 1 amide bonds. The Morgan fingerprint density at radius 3 is 2.25 bits per heavy atom. The minimum atomic E-state index is -0.575. The van der Waals surface area contributed by atoms with Crippen LogP contribution in [0.25, 0.3) is 0 Å². The molecule has 0 radical (unpaired) electrons. The van der Waals surface area contributed by atoms with Gasteiger partial charge in [0.1, 0.15) is 0 Å². The molecule has 2 N–H and O–H groups in total. The molecule has 1 aromatic rings. The summed E-state index contributed by atoms with van der Waals surface area (Å²) in [6.45, 7) is 10.7. The van der Waals surface area contributed by atoms with Crippen LogP contribution in [0, 0.1) is 5.92 Å². The van der Waals surface area contributed by atoms with E-state index in [4.69, 9.17) is 11.6 Å². The van der Waals surface area contributed by atoms with Crippen LogP contribution < -0.4 is 10.6 Å². The molecule has 0 heterocycles. The number of nitrogens with one attached hydrogen (secondary N) is 2. The normalized spacial score (nSPS) is 13.3. The molecule has 1 atom stereocenters. The molecule has 20 heavy (non-hydrogen) atoms. The van der Waals surface area contributed by atoms with Crippen molar-refractivity contribution < 1.29 is 4.79 Å². The Hall–Kier alpha value is -1.06. The van der Waals surface area contributed by atoms with Gasteiger partial charge in [0, 0.05) is 5.02 Å². The highest BCUT2D eigenvalue weighted by molar-refractivity contribution is 6.30. The molecule has 1 unspecified atom stereocenters. The Labute approximate surface area is 127 Å². The van der Waals surface area contributed by atoms with Crippen molar-refractivity contribution in [3.8, 4) is 0 Å². The Bertz CT molecular complexity index is 440. The van der Waals surface area contributed by atoms with Crippen molar-refractivity contribution in [3.05, 3.63) is 34.9 Å². The lowest BCUT2D eigenvalue weighted by atomic mass is 9.94. The number of benzene rings is 1. The second-order valence-electron chi connectivity index (χ2n) is 5.90. The lowest BCUT2D eigenvalue weighted by Gasteiger charge is -2.30. The molecule has 0 aliphatic rings. The van der Waals surface area contributed by atoms with Crippen LogP contribution in [0.4, 0.5) is 0 Å².